The molecule has 0 heterocycles. The zero-order chi connectivity index (χ0) is 12.8. The third kappa shape index (κ3) is 4.91. The number of nitrogens with one attached hydrogen (secondary N) is 1. The summed E-state index contributed by atoms with van der Waals surface area (Å²) in [6.07, 6.45) is 0. The number of carboxylic acid groups (broad SMARTS) is 1. The van der Waals surface area contributed by atoms with Gasteiger partial charge >= 0.3 is 5.97 Å². The Balaban J connectivity index is 2.38. The smallest absolute Gasteiger partial charge is 0.325 e. The highest BCUT2D eigenvalue weighted by Crippen LogP contribution is 2.17. The fourth-order valence-corrected chi connectivity index (χ4v) is 1.84. The van der Waals surface area contributed by atoms with Crippen LogP contribution in [-0.4, -0.2) is 28.8 Å². The SMILES string of the molecule is Cc1ccc(SCC(=O)N[C@@H](C)C(=O)O)cc1. The predicted molar refractivity (Wildman–Crippen MR) is 67.1 cm³/mol. The maximum Gasteiger partial charge on any atom is 0.325 e. The van der Waals surface area contributed by atoms with Crippen LogP contribution in [0, 0.1) is 6.92 Å². The first-order valence-corrected chi connectivity index (χ1v) is 6.19. The largest absolute Gasteiger partial charge is 0.480 e. The van der Waals surface area contributed by atoms with E-state index in [1.165, 1.54) is 24.2 Å². The summed E-state index contributed by atoms with van der Waals surface area (Å²) in [6.45, 7) is 3.44. The van der Waals surface area contributed by atoms with Crippen LogP contribution < -0.4 is 5.32 Å². The van der Waals surface area contributed by atoms with Crippen molar-refractivity contribution in [3.63, 3.8) is 0 Å². The number of aliphatic carboxylic acids is 1. The molecule has 0 unspecified atom stereocenters. The van der Waals surface area contributed by atoms with Gasteiger partial charge in [-0.2, -0.15) is 0 Å². The van der Waals surface area contributed by atoms with Gasteiger partial charge in [0.15, 0.2) is 0 Å². The molecule has 1 atom stereocenters. The summed E-state index contributed by atoms with van der Waals surface area (Å²) in [6, 6.07) is 6.98. The Bertz CT molecular complexity index is 403. The molecule has 0 spiro atoms. The fraction of sp³-hybridized carbons (Fsp3) is 0.333. The van der Waals surface area contributed by atoms with E-state index in [-0.39, 0.29) is 11.7 Å². The highest BCUT2D eigenvalue weighted by Gasteiger charge is 2.13. The van der Waals surface area contributed by atoms with Crippen LogP contribution in [0.25, 0.3) is 0 Å². The molecule has 0 fully saturated rings. The maximum absolute atomic E-state index is 11.4. The second-order valence-electron chi connectivity index (χ2n) is 3.73. The number of hydrogen-bond acceptors (Lipinski definition) is 3. The second-order valence-corrected chi connectivity index (χ2v) is 4.78. The van der Waals surface area contributed by atoms with Crippen molar-refractivity contribution in [2.75, 3.05) is 5.75 Å². The van der Waals surface area contributed by atoms with E-state index in [9.17, 15) is 9.59 Å². The van der Waals surface area contributed by atoms with E-state index >= 15 is 0 Å². The van der Waals surface area contributed by atoms with Gasteiger partial charge in [0, 0.05) is 4.90 Å². The third-order valence-corrected chi connectivity index (χ3v) is 3.15. The van der Waals surface area contributed by atoms with Crippen LogP contribution in [0.5, 0.6) is 0 Å². The molecule has 1 rings (SSSR count). The zero-order valence-electron chi connectivity index (χ0n) is 9.77. The average molecular weight is 253 g/mol. The minimum atomic E-state index is -1.03. The van der Waals surface area contributed by atoms with E-state index < -0.39 is 12.0 Å². The van der Waals surface area contributed by atoms with Crippen LogP contribution in [0.15, 0.2) is 29.2 Å². The van der Waals surface area contributed by atoms with E-state index in [2.05, 4.69) is 5.32 Å². The lowest BCUT2D eigenvalue weighted by Gasteiger charge is -2.08. The van der Waals surface area contributed by atoms with Gasteiger partial charge in [-0.3, -0.25) is 9.59 Å². The highest BCUT2D eigenvalue weighted by atomic mass is 32.2. The first kappa shape index (κ1) is 13.6. The normalized spacial score (nSPS) is 11.9. The van der Waals surface area contributed by atoms with Gasteiger partial charge in [-0.25, -0.2) is 0 Å². The molecule has 0 aliphatic carbocycles. The first-order chi connectivity index (χ1) is 7.99. The number of carbonyl (C=O) groups is 2. The number of hydrogen-bond donors (Lipinski definition) is 2. The van der Waals surface area contributed by atoms with Gasteiger partial charge in [0.05, 0.1) is 5.75 Å². The summed E-state index contributed by atoms with van der Waals surface area (Å²) < 4.78 is 0. The number of aryl methyl sites for hydroxylation is 1. The number of thioether (sulfide) groups is 1. The summed E-state index contributed by atoms with van der Waals surface area (Å²) in [4.78, 5) is 22.9. The van der Waals surface area contributed by atoms with Gasteiger partial charge in [-0.15, -0.1) is 11.8 Å². The van der Waals surface area contributed by atoms with Gasteiger partial charge in [0.1, 0.15) is 6.04 Å². The molecule has 1 aromatic rings. The maximum atomic E-state index is 11.4. The van der Waals surface area contributed by atoms with Crippen molar-refractivity contribution in [3.05, 3.63) is 29.8 Å². The predicted octanol–water partition coefficient (Wildman–Crippen LogP) is 1.68. The molecule has 0 saturated heterocycles. The Labute approximate surface area is 104 Å². The average Bonchev–Trinajstić information content (AvgIpc) is 2.28. The third-order valence-electron chi connectivity index (χ3n) is 2.14. The van der Waals surface area contributed by atoms with Gasteiger partial charge in [0.25, 0.3) is 0 Å². The molecule has 1 amide bonds. The summed E-state index contributed by atoms with van der Waals surface area (Å²) in [5, 5.41) is 11.0. The Morgan fingerprint density at radius 1 is 1.35 bits per heavy atom. The van der Waals surface area contributed by atoms with E-state index in [1.54, 1.807) is 0 Å². The quantitative estimate of drug-likeness (QED) is 0.783. The summed E-state index contributed by atoms with van der Waals surface area (Å²) in [5.41, 5.74) is 1.17. The van der Waals surface area contributed by atoms with Gasteiger partial charge in [-0.05, 0) is 26.0 Å². The number of benzene rings is 1. The molecular weight excluding hydrogens is 238 g/mol. The molecule has 1 aromatic carbocycles. The van der Waals surface area contributed by atoms with Crippen molar-refractivity contribution in [1.82, 2.24) is 5.32 Å². The van der Waals surface area contributed by atoms with E-state index in [4.69, 9.17) is 5.11 Å². The molecule has 0 aliphatic rings. The van der Waals surface area contributed by atoms with Crippen molar-refractivity contribution < 1.29 is 14.7 Å². The Kier molecular flexibility index (Phi) is 5.03. The molecule has 0 saturated carbocycles. The van der Waals surface area contributed by atoms with Gasteiger partial charge < -0.3 is 10.4 Å². The lowest BCUT2D eigenvalue weighted by molar-refractivity contribution is -0.140. The van der Waals surface area contributed by atoms with Crippen LogP contribution in [0.2, 0.25) is 0 Å². The minimum Gasteiger partial charge on any atom is -0.480 e. The van der Waals surface area contributed by atoms with Crippen LogP contribution in [0.1, 0.15) is 12.5 Å². The van der Waals surface area contributed by atoms with Crippen LogP contribution in [-0.2, 0) is 9.59 Å². The standard InChI is InChI=1S/C12H15NO3S/c1-8-3-5-10(6-4-8)17-7-11(14)13-9(2)12(15)16/h3-6,9H,7H2,1-2H3,(H,13,14)(H,15,16)/t9-/m0/s1. The van der Waals surface area contributed by atoms with E-state index in [0.717, 1.165) is 4.90 Å². The second kappa shape index (κ2) is 6.30. The zero-order valence-corrected chi connectivity index (χ0v) is 10.6. The summed E-state index contributed by atoms with van der Waals surface area (Å²) in [7, 11) is 0. The van der Waals surface area contributed by atoms with Crippen molar-refractivity contribution in [2.24, 2.45) is 0 Å². The molecule has 0 bridgehead atoms. The lowest BCUT2D eigenvalue weighted by Crippen LogP contribution is -2.39. The Hall–Kier alpha value is -1.49. The van der Waals surface area contributed by atoms with Crippen molar-refractivity contribution >= 4 is 23.6 Å². The number of rotatable bonds is 5. The molecule has 0 radical (unpaired) electrons. The Morgan fingerprint density at radius 3 is 2.47 bits per heavy atom. The van der Waals surface area contributed by atoms with Gasteiger partial charge in [-0.1, -0.05) is 17.7 Å². The highest BCUT2D eigenvalue weighted by molar-refractivity contribution is 8.00. The topological polar surface area (TPSA) is 66.4 Å². The lowest BCUT2D eigenvalue weighted by atomic mass is 10.2. The molecule has 17 heavy (non-hydrogen) atoms. The van der Waals surface area contributed by atoms with Crippen molar-refractivity contribution in [2.45, 2.75) is 24.8 Å². The minimum absolute atomic E-state index is 0.223. The molecule has 92 valence electrons. The van der Waals surface area contributed by atoms with E-state index in [1.807, 2.05) is 31.2 Å². The van der Waals surface area contributed by atoms with E-state index in [0.29, 0.717) is 0 Å². The first-order valence-electron chi connectivity index (χ1n) is 5.20. The molecule has 0 aliphatic heterocycles. The van der Waals surface area contributed by atoms with Crippen LogP contribution in [0.4, 0.5) is 0 Å². The van der Waals surface area contributed by atoms with Gasteiger partial charge in [0.2, 0.25) is 5.91 Å². The molecule has 0 aromatic heterocycles. The monoisotopic (exact) mass is 253 g/mol. The van der Waals surface area contributed by atoms with Crippen molar-refractivity contribution in [3.8, 4) is 0 Å². The molecule has 4 nitrogen and oxygen atoms in total. The number of carbonyl (C=O) groups excluding carboxylic acids is 1. The van der Waals surface area contributed by atoms with Crippen LogP contribution >= 0.6 is 11.8 Å². The number of carboxylic acids is 1. The summed E-state index contributed by atoms with van der Waals surface area (Å²) in [5.74, 6) is -1.08. The molecule has 2 N–H and O–H groups in total. The molecular formula is C12H15NO3S. The number of amides is 1. The fourth-order valence-electron chi connectivity index (χ4n) is 1.13. The summed E-state index contributed by atoms with van der Waals surface area (Å²) >= 11 is 1.39. The Morgan fingerprint density at radius 2 is 1.94 bits per heavy atom. The molecule has 5 heteroatoms. The van der Waals surface area contributed by atoms with Crippen molar-refractivity contribution in [1.29, 1.82) is 0 Å². The van der Waals surface area contributed by atoms with Crippen LogP contribution in [0.3, 0.4) is 0 Å².